The summed E-state index contributed by atoms with van der Waals surface area (Å²) in [5.41, 5.74) is 1.93. The van der Waals surface area contributed by atoms with E-state index >= 15 is 0 Å². The Bertz CT molecular complexity index is 582. The molecule has 5 heteroatoms. The summed E-state index contributed by atoms with van der Waals surface area (Å²) in [7, 11) is -2.91. The van der Waals surface area contributed by atoms with Gasteiger partial charge in [0.2, 0.25) is 0 Å². The Balaban J connectivity index is 2.54. The van der Waals surface area contributed by atoms with Crippen LogP contribution in [0.1, 0.15) is 17.5 Å². The van der Waals surface area contributed by atoms with Gasteiger partial charge in [-0.25, -0.2) is 8.42 Å². The van der Waals surface area contributed by atoms with Crippen LogP contribution in [0.15, 0.2) is 18.2 Å². The summed E-state index contributed by atoms with van der Waals surface area (Å²) in [6, 6.07) is 5.59. The van der Waals surface area contributed by atoms with Gasteiger partial charge in [0.1, 0.15) is 15.6 Å². The third-order valence-electron chi connectivity index (χ3n) is 2.42. The molecule has 0 atom stereocenters. The molecule has 0 spiro atoms. The normalized spacial score (nSPS) is 10.7. The molecular weight excluding hydrogens is 284 g/mol. The summed E-state index contributed by atoms with van der Waals surface area (Å²) >= 11 is 5.51. The summed E-state index contributed by atoms with van der Waals surface area (Å²) < 4.78 is 27.4. The van der Waals surface area contributed by atoms with Gasteiger partial charge >= 0.3 is 0 Å². The fourth-order valence-electron chi connectivity index (χ4n) is 1.51. The van der Waals surface area contributed by atoms with Crippen LogP contribution in [0, 0.1) is 18.8 Å². The van der Waals surface area contributed by atoms with Crippen molar-refractivity contribution in [3.8, 4) is 17.6 Å². The van der Waals surface area contributed by atoms with E-state index < -0.39 is 9.84 Å². The van der Waals surface area contributed by atoms with Gasteiger partial charge in [0.15, 0.2) is 0 Å². The Kier molecular flexibility index (Phi) is 6.20. The van der Waals surface area contributed by atoms with Gasteiger partial charge in [-0.05, 0) is 37.1 Å². The van der Waals surface area contributed by atoms with E-state index in [4.69, 9.17) is 16.3 Å². The lowest BCUT2D eigenvalue weighted by Crippen LogP contribution is -2.08. The summed E-state index contributed by atoms with van der Waals surface area (Å²) in [5, 5.41) is 0. The van der Waals surface area contributed by atoms with Crippen molar-refractivity contribution in [2.45, 2.75) is 13.3 Å². The molecule has 0 unspecified atom stereocenters. The molecule has 0 N–H and O–H groups in total. The van der Waals surface area contributed by atoms with E-state index in [1.54, 1.807) is 0 Å². The zero-order valence-corrected chi connectivity index (χ0v) is 12.6. The molecule has 0 heterocycles. The molecule has 104 valence electrons. The van der Waals surface area contributed by atoms with Gasteiger partial charge in [-0.2, -0.15) is 0 Å². The monoisotopic (exact) mass is 300 g/mol. The molecule has 0 saturated heterocycles. The average molecular weight is 301 g/mol. The van der Waals surface area contributed by atoms with Crippen molar-refractivity contribution in [1.82, 2.24) is 0 Å². The highest BCUT2D eigenvalue weighted by molar-refractivity contribution is 7.90. The lowest BCUT2D eigenvalue weighted by molar-refractivity contribution is 0.317. The molecule has 1 rings (SSSR count). The Labute approximate surface area is 119 Å². The van der Waals surface area contributed by atoms with Crippen LogP contribution in [0.3, 0.4) is 0 Å². The van der Waals surface area contributed by atoms with E-state index in [-0.39, 0.29) is 5.75 Å². The summed E-state index contributed by atoms with van der Waals surface area (Å²) in [5.74, 6) is 6.94. The third kappa shape index (κ3) is 6.51. The highest BCUT2D eigenvalue weighted by Crippen LogP contribution is 2.16. The number of halogens is 1. The van der Waals surface area contributed by atoms with E-state index in [2.05, 4.69) is 11.8 Å². The van der Waals surface area contributed by atoms with E-state index in [1.807, 2.05) is 25.1 Å². The minimum atomic E-state index is -2.91. The molecule has 0 bridgehead atoms. The van der Waals surface area contributed by atoms with Gasteiger partial charge < -0.3 is 4.74 Å². The predicted molar refractivity (Wildman–Crippen MR) is 78.6 cm³/mol. The maximum atomic E-state index is 11.0. The fourth-order valence-corrected chi connectivity index (χ4v) is 2.22. The van der Waals surface area contributed by atoms with Crippen LogP contribution in [-0.4, -0.2) is 32.9 Å². The molecular formula is C14H17ClO3S. The molecule has 19 heavy (non-hydrogen) atoms. The van der Waals surface area contributed by atoms with Crippen molar-refractivity contribution in [1.29, 1.82) is 0 Å². The number of sulfone groups is 1. The van der Waals surface area contributed by atoms with Crippen molar-refractivity contribution in [2.75, 3.05) is 24.5 Å². The lowest BCUT2D eigenvalue weighted by atomic mass is 10.1. The summed E-state index contributed by atoms with van der Waals surface area (Å²) in [4.78, 5) is 0. The largest absolute Gasteiger partial charge is 0.494 e. The molecule has 1 aromatic rings. The van der Waals surface area contributed by atoms with Gasteiger partial charge in [-0.15, -0.1) is 11.6 Å². The standard InChI is InChI=1S/C14H17ClO3S/c1-12-11-14(7-6-13(12)5-3-8-15)18-9-4-10-19(2,16)17/h6-7,11H,4,8-10H2,1-2H3. The molecule has 0 aliphatic heterocycles. The minimum absolute atomic E-state index is 0.144. The van der Waals surface area contributed by atoms with Crippen molar-refractivity contribution >= 4 is 21.4 Å². The Hall–Kier alpha value is -1.18. The second-order valence-electron chi connectivity index (χ2n) is 4.24. The topological polar surface area (TPSA) is 43.4 Å². The first-order chi connectivity index (χ1) is 8.92. The van der Waals surface area contributed by atoms with Crippen LogP contribution in [-0.2, 0) is 9.84 Å². The molecule has 0 fully saturated rings. The smallest absolute Gasteiger partial charge is 0.147 e. The first-order valence-corrected chi connectivity index (χ1v) is 8.48. The van der Waals surface area contributed by atoms with Gasteiger partial charge in [-0.3, -0.25) is 0 Å². The zero-order valence-electron chi connectivity index (χ0n) is 11.1. The van der Waals surface area contributed by atoms with Gasteiger partial charge in [-0.1, -0.05) is 11.8 Å². The molecule has 0 aliphatic rings. The highest BCUT2D eigenvalue weighted by atomic mass is 35.5. The SMILES string of the molecule is Cc1cc(OCCCS(C)(=O)=O)ccc1C#CCCl. The number of ether oxygens (including phenoxy) is 1. The molecule has 0 aromatic heterocycles. The van der Waals surface area contributed by atoms with E-state index in [1.165, 1.54) is 6.26 Å². The van der Waals surface area contributed by atoms with Crippen molar-refractivity contribution in [3.63, 3.8) is 0 Å². The predicted octanol–water partition coefficient (Wildman–Crippen LogP) is 2.40. The van der Waals surface area contributed by atoms with Crippen LogP contribution >= 0.6 is 11.6 Å². The Morgan fingerprint density at radius 2 is 2.11 bits per heavy atom. The van der Waals surface area contributed by atoms with Crippen molar-refractivity contribution < 1.29 is 13.2 Å². The lowest BCUT2D eigenvalue weighted by Gasteiger charge is -2.07. The van der Waals surface area contributed by atoms with Crippen LogP contribution in [0.4, 0.5) is 0 Å². The number of benzene rings is 1. The Morgan fingerprint density at radius 1 is 1.37 bits per heavy atom. The molecule has 0 aliphatic carbocycles. The number of alkyl halides is 1. The summed E-state index contributed by atoms with van der Waals surface area (Å²) in [6.45, 7) is 2.33. The maximum Gasteiger partial charge on any atom is 0.147 e. The number of hydrogen-bond donors (Lipinski definition) is 0. The number of aryl methyl sites for hydroxylation is 1. The first kappa shape index (κ1) is 15.9. The van der Waals surface area contributed by atoms with Crippen LogP contribution in [0.2, 0.25) is 0 Å². The second-order valence-corrected chi connectivity index (χ2v) is 6.77. The van der Waals surface area contributed by atoms with E-state index in [9.17, 15) is 8.42 Å². The first-order valence-electron chi connectivity index (χ1n) is 5.88. The maximum absolute atomic E-state index is 11.0. The molecule has 0 amide bonds. The molecule has 1 aromatic carbocycles. The zero-order chi connectivity index (χ0) is 14.3. The van der Waals surface area contributed by atoms with E-state index in [0.29, 0.717) is 18.9 Å². The minimum Gasteiger partial charge on any atom is -0.494 e. The highest BCUT2D eigenvalue weighted by Gasteiger charge is 2.03. The van der Waals surface area contributed by atoms with Gasteiger partial charge in [0.05, 0.1) is 18.2 Å². The fraction of sp³-hybridized carbons (Fsp3) is 0.429. The van der Waals surface area contributed by atoms with Crippen LogP contribution in [0.25, 0.3) is 0 Å². The molecule has 0 saturated carbocycles. The number of hydrogen-bond acceptors (Lipinski definition) is 3. The van der Waals surface area contributed by atoms with E-state index in [0.717, 1.165) is 16.9 Å². The van der Waals surface area contributed by atoms with Crippen molar-refractivity contribution in [3.05, 3.63) is 29.3 Å². The van der Waals surface area contributed by atoms with Crippen molar-refractivity contribution in [2.24, 2.45) is 0 Å². The Morgan fingerprint density at radius 3 is 2.68 bits per heavy atom. The van der Waals surface area contributed by atoms with Crippen LogP contribution < -0.4 is 4.74 Å². The molecule has 0 radical (unpaired) electrons. The summed E-state index contributed by atoms with van der Waals surface area (Å²) in [6.07, 6.45) is 1.72. The second kappa shape index (κ2) is 7.42. The van der Waals surface area contributed by atoms with Crippen LogP contribution in [0.5, 0.6) is 5.75 Å². The number of rotatable bonds is 5. The van der Waals surface area contributed by atoms with Gasteiger partial charge in [0.25, 0.3) is 0 Å². The average Bonchev–Trinajstić information content (AvgIpc) is 2.32. The quantitative estimate of drug-likeness (QED) is 0.476. The van der Waals surface area contributed by atoms with Gasteiger partial charge in [0, 0.05) is 11.8 Å². The third-order valence-corrected chi connectivity index (χ3v) is 3.58. The molecule has 3 nitrogen and oxygen atoms in total.